The van der Waals surface area contributed by atoms with E-state index in [9.17, 15) is 4.79 Å². The molecule has 1 heterocycles. The molecule has 0 bridgehead atoms. The number of halogens is 1. The number of carbonyl (C=O) groups excluding carboxylic acids is 1. The molecule has 1 aliphatic rings. The minimum atomic E-state index is -0.142. The normalized spacial score (nSPS) is 17.1. The zero-order chi connectivity index (χ0) is 14.8. The van der Waals surface area contributed by atoms with Gasteiger partial charge in [0.15, 0.2) is 0 Å². The first-order valence-electron chi connectivity index (χ1n) is 6.92. The average Bonchev–Trinajstić information content (AvgIpc) is 2.49. The predicted octanol–water partition coefficient (Wildman–Crippen LogP) is 2.80. The van der Waals surface area contributed by atoms with E-state index in [1.54, 1.807) is 12.1 Å². The second-order valence-corrected chi connectivity index (χ2v) is 5.70. The molecule has 5 heteroatoms. The molecule has 4 nitrogen and oxygen atoms in total. The molecule has 3 N–H and O–H groups in total. The lowest BCUT2D eigenvalue weighted by Crippen LogP contribution is -2.28. The Bertz CT molecular complexity index is 670. The molecule has 0 spiro atoms. The number of aromatic nitrogens is 1. The van der Waals surface area contributed by atoms with Gasteiger partial charge in [-0.2, -0.15) is 0 Å². The molecule has 1 atom stereocenters. The molecule has 108 valence electrons. The van der Waals surface area contributed by atoms with Crippen LogP contribution in [0.4, 0.5) is 5.69 Å². The van der Waals surface area contributed by atoms with Crippen LogP contribution in [0.1, 0.15) is 27.9 Å². The van der Waals surface area contributed by atoms with Crippen molar-refractivity contribution in [1.82, 2.24) is 4.98 Å². The minimum Gasteiger partial charge on any atom is -0.327 e. The van der Waals surface area contributed by atoms with E-state index in [0.29, 0.717) is 16.4 Å². The Labute approximate surface area is 128 Å². The van der Waals surface area contributed by atoms with Gasteiger partial charge in [0.25, 0.3) is 5.91 Å². The van der Waals surface area contributed by atoms with Gasteiger partial charge in [-0.15, -0.1) is 0 Å². The monoisotopic (exact) mass is 301 g/mol. The van der Waals surface area contributed by atoms with Gasteiger partial charge in [0, 0.05) is 11.6 Å². The molecule has 0 saturated heterocycles. The molecule has 0 fully saturated rings. The van der Waals surface area contributed by atoms with Crippen molar-refractivity contribution in [1.29, 1.82) is 0 Å². The quantitative estimate of drug-likeness (QED) is 0.838. The van der Waals surface area contributed by atoms with Crippen LogP contribution in [0, 0.1) is 0 Å². The Kier molecular flexibility index (Phi) is 3.90. The smallest absolute Gasteiger partial charge is 0.255 e. The number of nitrogens with zero attached hydrogens (tertiary/aromatic N) is 1. The Morgan fingerprint density at radius 3 is 2.90 bits per heavy atom. The fraction of sp³-hybridized carbons (Fsp3) is 0.250. The van der Waals surface area contributed by atoms with Gasteiger partial charge in [-0.1, -0.05) is 17.7 Å². The number of hydrogen-bond acceptors (Lipinski definition) is 3. The molecular formula is C16H16ClN3O. The Hall–Kier alpha value is -1.91. The maximum absolute atomic E-state index is 12.3. The molecule has 0 radical (unpaired) electrons. The zero-order valence-corrected chi connectivity index (χ0v) is 12.2. The number of nitrogens with two attached hydrogens (primary N) is 1. The fourth-order valence-corrected chi connectivity index (χ4v) is 2.69. The van der Waals surface area contributed by atoms with Gasteiger partial charge in [0.1, 0.15) is 5.15 Å². The summed E-state index contributed by atoms with van der Waals surface area (Å²) in [7, 11) is 0. The molecule has 0 unspecified atom stereocenters. The van der Waals surface area contributed by atoms with E-state index in [-0.39, 0.29) is 11.9 Å². The van der Waals surface area contributed by atoms with Crippen molar-refractivity contribution in [3.63, 3.8) is 0 Å². The molecule has 2 aromatic rings. The summed E-state index contributed by atoms with van der Waals surface area (Å²) in [6.07, 6.45) is 4.33. The highest BCUT2D eigenvalue weighted by Crippen LogP contribution is 2.22. The number of anilines is 1. The average molecular weight is 302 g/mol. The Balaban J connectivity index is 1.77. The van der Waals surface area contributed by atoms with Crippen molar-refractivity contribution in [3.05, 3.63) is 58.4 Å². The lowest BCUT2D eigenvalue weighted by molar-refractivity contribution is 0.102. The molecule has 1 aliphatic carbocycles. The molecule has 1 aromatic heterocycles. The van der Waals surface area contributed by atoms with Crippen LogP contribution in [-0.2, 0) is 12.8 Å². The van der Waals surface area contributed by atoms with E-state index in [1.807, 2.05) is 18.2 Å². The highest BCUT2D eigenvalue weighted by Gasteiger charge is 2.17. The van der Waals surface area contributed by atoms with E-state index < -0.39 is 0 Å². The third-order valence-electron chi connectivity index (χ3n) is 3.72. The van der Waals surface area contributed by atoms with Gasteiger partial charge >= 0.3 is 0 Å². The summed E-state index contributed by atoms with van der Waals surface area (Å²) >= 11 is 5.72. The zero-order valence-electron chi connectivity index (χ0n) is 11.5. The molecule has 1 amide bonds. The van der Waals surface area contributed by atoms with E-state index in [1.165, 1.54) is 17.3 Å². The summed E-state index contributed by atoms with van der Waals surface area (Å²) in [4.78, 5) is 16.2. The largest absolute Gasteiger partial charge is 0.327 e. The number of nitrogens with one attached hydrogen (secondary N) is 1. The van der Waals surface area contributed by atoms with Crippen LogP contribution < -0.4 is 11.1 Å². The topological polar surface area (TPSA) is 68.0 Å². The summed E-state index contributed by atoms with van der Waals surface area (Å²) in [6.45, 7) is 0. The van der Waals surface area contributed by atoms with Crippen molar-refractivity contribution in [3.8, 4) is 0 Å². The molecule has 0 saturated carbocycles. The van der Waals surface area contributed by atoms with Crippen LogP contribution in [0.5, 0.6) is 0 Å². The standard InChI is InChI=1S/C16H16ClN3O/c17-15-6-5-14(9-19-15)20-16(21)12-2-1-11-8-13(18)4-3-10(11)7-12/h1-2,5-7,9,13H,3-4,8,18H2,(H,20,21)/t13-/m1/s1. The summed E-state index contributed by atoms with van der Waals surface area (Å²) in [5.41, 5.74) is 9.72. The number of pyridine rings is 1. The van der Waals surface area contributed by atoms with Crippen molar-refractivity contribution >= 4 is 23.2 Å². The maximum atomic E-state index is 12.3. The van der Waals surface area contributed by atoms with Gasteiger partial charge in [-0.05, 0) is 54.7 Å². The number of hydrogen-bond donors (Lipinski definition) is 2. The highest BCUT2D eigenvalue weighted by molar-refractivity contribution is 6.29. The molecule has 1 aromatic carbocycles. The van der Waals surface area contributed by atoms with Crippen LogP contribution in [0.25, 0.3) is 0 Å². The number of amides is 1. The van der Waals surface area contributed by atoms with Gasteiger partial charge in [0.2, 0.25) is 0 Å². The molecule has 0 aliphatic heterocycles. The summed E-state index contributed by atoms with van der Waals surface area (Å²) in [6, 6.07) is 9.41. The number of benzene rings is 1. The highest BCUT2D eigenvalue weighted by atomic mass is 35.5. The second kappa shape index (κ2) is 5.84. The van der Waals surface area contributed by atoms with Crippen molar-refractivity contribution in [2.75, 3.05) is 5.32 Å². The summed E-state index contributed by atoms with van der Waals surface area (Å²) in [5.74, 6) is -0.142. The van der Waals surface area contributed by atoms with Crippen LogP contribution in [-0.4, -0.2) is 16.9 Å². The Morgan fingerprint density at radius 1 is 1.29 bits per heavy atom. The fourth-order valence-electron chi connectivity index (χ4n) is 2.58. The van der Waals surface area contributed by atoms with E-state index in [0.717, 1.165) is 19.3 Å². The van der Waals surface area contributed by atoms with Crippen molar-refractivity contribution in [2.45, 2.75) is 25.3 Å². The van der Waals surface area contributed by atoms with Gasteiger partial charge in [0.05, 0.1) is 11.9 Å². The lowest BCUT2D eigenvalue weighted by Gasteiger charge is -2.21. The first-order valence-corrected chi connectivity index (χ1v) is 7.30. The first-order chi connectivity index (χ1) is 10.1. The van der Waals surface area contributed by atoms with Crippen molar-refractivity contribution in [2.24, 2.45) is 5.73 Å². The van der Waals surface area contributed by atoms with E-state index >= 15 is 0 Å². The van der Waals surface area contributed by atoms with Crippen molar-refractivity contribution < 1.29 is 4.79 Å². The number of fused-ring (bicyclic) bond motifs is 1. The molecule has 21 heavy (non-hydrogen) atoms. The summed E-state index contributed by atoms with van der Waals surface area (Å²) in [5, 5.41) is 3.22. The first kappa shape index (κ1) is 14.0. The lowest BCUT2D eigenvalue weighted by atomic mass is 9.87. The number of carbonyl (C=O) groups is 1. The third-order valence-corrected chi connectivity index (χ3v) is 3.94. The number of rotatable bonds is 2. The minimum absolute atomic E-state index is 0.142. The van der Waals surface area contributed by atoms with Gasteiger partial charge in [-0.25, -0.2) is 4.98 Å². The van der Waals surface area contributed by atoms with Crippen LogP contribution in [0.15, 0.2) is 36.5 Å². The maximum Gasteiger partial charge on any atom is 0.255 e. The van der Waals surface area contributed by atoms with Gasteiger partial charge in [-0.3, -0.25) is 4.79 Å². The SMILES string of the molecule is N[C@@H]1CCc2cc(C(=O)Nc3ccc(Cl)nc3)ccc2C1. The Morgan fingerprint density at radius 2 is 2.14 bits per heavy atom. The summed E-state index contributed by atoms with van der Waals surface area (Å²) < 4.78 is 0. The molecule has 3 rings (SSSR count). The third kappa shape index (κ3) is 3.23. The van der Waals surface area contributed by atoms with Gasteiger partial charge < -0.3 is 11.1 Å². The van der Waals surface area contributed by atoms with Crippen LogP contribution >= 0.6 is 11.6 Å². The number of aryl methyl sites for hydroxylation is 1. The van der Waals surface area contributed by atoms with E-state index in [2.05, 4.69) is 10.3 Å². The van der Waals surface area contributed by atoms with Crippen LogP contribution in [0.3, 0.4) is 0 Å². The predicted molar refractivity (Wildman–Crippen MR) is 83.6 cm³/mol. The molecular weight excluding hydrogens is 286 g/mol. The van der Waals surface area contributed by atoms with Crippen LogP contribution in [0.2, 0.25) is 5.15 Å². The van der Waals surface area contributed by atoms with E-state index in [4.69, 9.17) is 17.3 Å². The second-order valence-electron chi connectivity index (χ2n) is 5.31.